The zero-order valence-electron chi connectivity index (χ0n) is 10.5. The van der Waals surface area contributed by atoms with Gasteiger partial charge in [0.25, 0.3) is 0 Å². The highest BCUT2D eigenvalue weighted by Crippen LogP contribution is 2.22. The number of carbonyl (C=O) groups excluding carboxylic acids is 1. The minimum atomic E-state index is 0.0119. The molecule has 0 atom stereocenters. The van der Waals surface area contributed by atoms with Gasteiger partial charge in [-0.2, -0.15) is 0 Å². The van der Waals surface area contributed by atoms with Crippen molar-refractivity contribution in [2.24, 2.45) is 0 Å². The normalized spacial score (nSPS) is 14.1. The summed E-state index contributed by atoms with van der Waals surface area (Å²) in [5, 5.41) is 5.96. The zero-order valence-corrected chi connectivity index (χ0v) is 10.5. The second-order valence-electron chi connectivity index (χ2n) is 4.42. The van der Waals surface area contributed by atoms with Crippen LogP contribution in [0.15, 0.2) is 18.2 Å². The van der Waals surface area contributed by atoms with Gasteiger partial charge < -0.3 is 21.1 Å². The molecule has 0 aromatic heterocycles. The Morgan fingerprint density at radius 2 is 2.22 bits per heavy atom. The first-order valence-electron chi connectivity index (χ1n) is 6.24. The number of carbonyl (C=O) groups is 1. The molecule has 1 aliphatic carbocycles. The Morgan fingerprint density at radius 3 is 2.89 bits per heavy atom. The smallest absolute Gasteiger partial charge is 0.239 e. The van der Waals surface area contributed by atoms with Crippen LogP contribution < -0.4 is 21.1 Å². The Morgan fingerprint density at radius 1 is 1.44 bits per heavy atom. The molecule has 1 aliphatic rings. The van der Waals surface area contributed by atoms with Crippen LogP contribution in [0.2, 0.25) is 0 Å². The van der Waals surface area contributed by atoms with Crippen LogP contribution in [0.1, 0.15) is 19.8 Å². The molecule has 18 heavy (non-hydrogen) atoms. The van der Waals surface area contributed by atoms with E-state index >= 15 is 0 Å². The second-order valence-corrected chi connectivity index (χ2v) is 4.42. The fraction of sp³-hybridized carbons (Fsp3) is 0.462. The zero-order chi connectivity index (χ0) is 13.0. The summed E-state index contributed by atoms with van der Waals surface area (Å²) in [6.07, 6.45) is 2.19. The lowest BCUT2D eigenvalue weighted by Gasteiger charge is -2.10. The first-order chi connectivity index (χ1) is 8.67. The van der Waals surface area contributed by atoms with Gasteiger partial charge in [0.15, 0.2) is 0 Å². The number of anilines is 2. The molecule has 1 amide bonds. The van der Waals surface area contributed by atoms with E-state index in [2.05, 4.69) is 10.6 Å². The molecule has 98 valence electrons. The van der Waals surface area contributed by atoms with Crippen molar-refractivity contribution in [3.05, 3.63) is 18.2 Å². The molecule has 1 aromatic carbocycles. The van der Waals surface area contributed by atoms with Crippen molar-refractivity contribution < 1.29 is 9.53 Å². The van der Waals surface area contributed by atoms with E-state index in [1.165, 1.54) is 0 Å². The number of nitrogens with one attached hydrogen (secondary N) is 2. The van der Waals surface area contributed by atoms with E-state index in [9.17, 15) is 4.79 Å². The Balaban J connectivity index is 1.88. The summed E-state index contributed by atoms with van der Waals surface area (Å²) in [7, 11) is 0. The molecular formula is C13H19N3O2. The highest BCUT2D eigenvalue weighted by atomic mass is 16.5. The van der Waals surface area contributed by atoms with Crippen LogP contribution in [0.4, 0.5) is 11.4 Å². The summed E-state index contributed by atoms with van der Waals surface area (Å²) in [5.41, 5.74) is 7.18. The molecule has 4 N–H and O–H groups in total. The van der Waals surface area contributed by atoms with E-state index in [-0.39, 0.29) is 12.5 Å². The predicted molar refractivity (Wildman–Crippen MR) is 71.7 cm³/mol. The average Bonchev–Trinajstić information content (AvgIpc) is 3.10. The molecule has 0 spiro atoms. The maximum atomic E-state index is 11.5. The fourth-order valence-corrected chi connectivity index (χ4v) is 1.66. The molecule has 0 heterocycles. The van der Waals surface area contributed by atoms with Gasteiger partial charge in [-0.3, -0.25) is 4.79 Å². The fourth-order valence-electron chi connectivity index (χ4n) is 1.66. The Kier molecular flexibility index (Phi) is 3.92. The molecule has 2 rings (SSSR count). The van der Waals surface area contributed by atoms with Crippen LogP contribution in [0.25, 0.3) is 0 Å². The van der Waals surface area contributed by atoms with Crippen molar-refractivity contribution >= 4 is 17.3 Å². The molecule has 0 saturated heterocycles. The number of benzene rings is 1. The summed E-state index contributed by atoms with van der Waals surface area (Å²) < 4.78 is 5.39. The quantitative estimate of drug-likeness (QED) is 0.665. The van der Waals surface area contributed by atoms with Gasteiger partial charge in [-0.1, -0.05) is 0 Å². The van der Waals surface area contributed by atoms with Crippen LogP contribution in [-0.2, 0) is 4.79 Å². The summed E-state index contributed by atoms with van der Waals surface area (Å²) in [4.78, 5) is 11.5. The van der Waals surface area contributed by atoms with Gasteiger partial charge in [0.05, 0.1) is 13.2 Å². The highest BCUT2D eigenvalue weighted by molar-refractivity contribution is 5.81. The third-order valence-electron chi connectivity index (χ3n) is 2.64. The third kappa shape index (κ3) is 3.84. The average molecular weight is 249 g/mol. The topological polar surface area (TPSA) is 76.4 Å². The van der Waals surface area contributed by atoms with Gasteiger partial charge in [-0.05, 0) is 25.8 Å². The number of nitrogens with two attached hydrogens (primary N) is 1. The lowest BCUT2D eigenvalue weighted by molar-refractivity contribution is -0.119. The molecule has 5 nitrogen and oxygen atoms in total. The molecular weight excluding hydrogens is 230 g/mol. The highest BCUT2D eigenvalue weighted by Gasteiger charge is 2.22. The van der Waals surface area contributed by atoms with E-state index in [0.29, 0.717) is 24.1 Å². The molecule has 0 aliphatic heterocycles. The van der Waals surface area contributed by atoms with E-state index in [0.717, 1.165) is 18.5 Å². The first-order valence-corrected chi connectivity index (χ1v) is 6.24. The number of nitrogen functional groups attached to an aromatic ring is 1. The second kappa shape index (κ2) is 5.62. The lowest BCUT2D eigenvalue weighted by Crippen LogP contribution is -2.31. The van der Waals surface area contributed by atoms with E-state index in [1.54, 1.807) is 12.1 Å². The first kappa shape index (κ1) is 12.5. The van der Waals surface area contributed by atoms with Gasteiger partial charge in [0.1, 0.15) is 5.75 Å². The van der Waals surface area contributed by atoms with E-state index in [1.807, 2.05) is 13.0 Å². The van der Waals surface area contributed by atoms with Crippen molar-refractivity contribution in [2.45, 2.75) is 25.8 Å². The Hall–Kier alpha value is -1.91. The molecule has 5 heteroatoms. The third-order valence-corrected chi connectivity index (χ3v) is 2.64. The molecule has 1 fully saturated rings. The molecule has 0 bridgehead atoms. The van der Waals surface area contributed by atoms with Gasteiger partial charge in [-0.15, -0.1) is 0 Å². The summed E-state index contributed by atoms with van der Waals surface area (Å²) in [6, 6.07) is 5.77. The maximum Gasteiger partial charge on any atom is 0.239 e. The van der Waals surface area contributed by atoms with E-state index in [4.69, 9.17) is 10.5 Å². The van der Waals surface area contributed by atoms with Crippen molar-refractivity contribution in [3.8, 4) is 5.75 Å². The largest absolute Gasteiger partial charge is 0.494 e. The lowest BCUT2D eigenvalue weighted by atomic mass is 10.2. The predicted octanol–water partition coefficient (Wildman–Crippen LogP) is 1.36. The van der Waals surface area contributed by atoms with Crippen molar-refractivity contribution in [3.63, 3.8) is 0 Å². The molecule has 1 aromatic rings. The van der Waals surface area contributed by atoms with Crippen LogP contribution in [0, 0.1) is 0 Å². The molecule has 0 unspecified atom stereocenters. The van der Waals surface area contributed by atoms with Crippen LogP contribution >= 0.6 is 0 Å². The van der Waals surface area contributed by atoms with Gasteiger partial charge in [-0.25, -0.2) is 0 Å². The van der Waals surface area contributed by atoms with Gasteiger partial charge in [0.2, 0.25) is 5.91 Å². The number of hydrogen-bond acceptors (Lipinski definition) is 4. The Bertz CT molecular complexity index is 430. The van der Waals surface area contributed by atoms with Crippen LogP contribution in [0.5, 0.6) is 5.75 Å². The minimum Gasteiger partial charge on any atom is -0.494 e. The van der Waals surface area contributed by atoms with Crippen molar-refractivity contribution in [1.29, 1.82) is 0 Å². The Labute approximate surface area is 107 Å². The maximum absolute atomic E-state index is 11.5. The van der Waals surface area contributed by atoms with Crippen molar-refractivity contribution in [2.75, 3.05) is 24.2 Å². The monoisotopic (exact) mass is 249 g/mol. The summed E-state index contributed by atoms with van der Waals surface area (Å²) >= 11 is 0. The summed E-state index contributed by atoms with van der Waals surface area (Å²) in [5.74, 6) is 0.723. The van der Waals surface area contributed by atoms with Gasteiger partial charge in [0, 0.05) is 29.5 Å². The molecule has 1 saturated carbocycles. The standard InChI is InChI=1S/C13H19N3O2/c1-2-18-12-6-9(14)5-11(7-12)15-8-13(17)16-10-3-4-10/h5-7,10,15H,2-4,8,14H2,1H3,(H,16,17). The minimum absolute atomic E-state index is 0.0119. The number of rotatable bonds is 6. The van der Waals surface area contributed by atoms with Crippen LogP contribution in [0.3, 0.4) is 0 Å². The van der Waals surface area contributed by atoms with E-state index < -0.39 is 0 Å². The number of ether oxygens (including phenoxy) is 1. The molecule has 0 radical (unpaired) electrons. The summed E-state index contributed by atoms with van der Waals surface area (Å²) in [6.45, 7) is 2.76. The number of hydrogen-bond donors (Lipinski definition) is 3. The SMILES string of the molecule is CCOc1cc(N)cc(NCC(=O)NC2CC2)c1. The van der Waals surface area contributed by atoms with Crippen LogP contribution in [-0.4, -0.2) is 25.1 Å². The van der Waals surface area contributed by atoms with Gasteiger partial charge >= 0.3 is 0 Å². The van der Waals surface area contributed by atoms with Crippen molar-refractivity contribution in [1.82, 2.24) is 5.32 Å². The number of amides is 1.